The number of carbonyl (C=O) groups excluding carboxylic acids is 4. The number of hydrogen-bond acceptors (Lipinski definition) is 6. The topological polar surface area (TPSA) is 111 Å². The standard InChI is InChI=1S/C39H42F3N5O5/c40-39(41,42)30-16-10-13-28(23-30)25-44-36(49)32(24-34(48)43-19-22-45-20-8-3-9-21-45)46-31(18-17-27-11-4-1-5-12-27)35(37(46)50)47-33(26-52-38(47)51)29-14-6-2-7-15-29/h1-2,4-7,10-18,23,31-33,35H,3,8-9,19-22,24-26H2,(H,43,48)(H,44,49)/b18-17+/t31-,32+,33-,35+/m1/s1. The van der Waals surface area contributed by atoms with Crippen LogP contribution >= 0.6 is 0 Å². The minimum absolute atomic E-state index is 0.0298. The molecule has 6 rings (SSSR count). The second kappa shape index (κ2) is 16.4. The van der Waals surface area contributed by atoms with Crippen molar-refractivity contribution in [3.8, 4) is 0 Å². The number of β-lactam (4-membered cyclic amide) rings is 1. The smallest absolute Gasteiger partial charge is 0.416 e. The minimum atomic E-state index is -4.57. The van der Waals surface area contributed by atoms with Crippen molar-refractivity contribution in [2.75, 3.05) is 32.8 Å². The molecule has 52 heavy (non-hydrogen) atoms. The summed E-state index contributed by atoms with van der Waals surface area (Å²) in [6, 6.07) is 19.3. The summed E-state index contributed by atoms with van der Waals surface area (Å²) < 4.78 is 45.7. The molecule has 3 fully saturated rings. The zero-order chi connectivity index (χ0) is 36.7. The SMILES string of the molecule is O=C(C[C@@H](C(=O)NCc1cccc(C(F)(F)F)c1)N1C(=O)[C@@H](N2C(=O)OC[C@@H]2c2ccccc2)[C@H]1/C=C/c1ccccc1)NCCN1CCCCC1. The Bertz CT molecular complexity index is 1750. The zero-order valence-electron chi connectivity index (χ0n) is 28.6. The van der Waals surface area contributed by atoms with E-state index >= 15 is 0 Å². The van der Waals surface area contributed by atoms with Crippen LogP contribution in [0.15, 0.2) is 91.0 Å². The van der Waals surface area contributed by atoms with Gasteiger partial charge in [-0.3, -0.25) is 19.3 Å². The second-order valence-corrected chi connectivity index (χ2v) is 13.2. The molecule has 3 aliphatic rings. The minimum Gasteiger partial charge on any atom is -0.447 e. The number of alkyl halides is 3. The molecule has 3 saturated heterocycles. The monoisotopic (exact) mass is 717 g/mol. The van der Waals surface area contributed by atoms with Crippen molar-refractivity contribution >= 4 is 29.9 Å². The maximum Gasteiger partial charge on any atom is 0.416 e. The van der Waals surface area contributed by atoms with Gasteiger partial charge in [0.15, 0.2) is 0 Å². The highest BCUT2D eigenvalue weighted by Crippen LogP contribution is 2.39. The molecule has 274 valence electrons. The highest BCUT2D eigenvalue weighted by molar-refractivity contribution is 5.99. The third kappa shape index (κ3) is 8.64. The predicted octanol–water partition coefficient (Wildman–Crippen LogP) is 5.17. The van der Waals surface area contributed by atoms with Crippen LogP contribution in [0.2, 0.25) is 0 Å². The molecule has 4 atom stereocenters. The molecule has 4 amide bonds. The van der Waals surface area contributed by atoms with E-state index in [2.05, 4.69) is 15.5 Å². The van der Waals surface area contributed by atoms with E-state index < -0.39 is 66.1 Å². The van der Waals surface area contributed by atoms with Crippen molar-refractivity contribution in [2.45, 2.75) is 62.6 Å². The lowest BCUT2D eigenvalue weighted by Gasteiger charge is -2.52. The lowest BCUT2D eigenvalue weighted by Crippen LogP contribution is -2.74. The van der Waals surface area contributed by atoms with Crippen LogP contribution in [0, 0.1) is 0 Å². The maximum atomic E-state index is 14.3. The molecular weight excluding hydrogens is 675 g/mol. The number of ether oxygens (including phenoxy) is 1. The van der Waals surface area contributed by atoms with Crippen molar-refractivity contribution in [2.24, 2.45) is 0 Å². The number of rotatable bonds is 13. The largest absolute Gasteiger partial charge is 0.447 e. The van der Waals surface area contributed by atoms with E-state index in [1.165, 1.54) is 28.4 Å². The van der Waals surface area contributed by atoms with E-state index in [9.17, 15) is 32.3 Å². The lowest BCUT2D eigenvalue weighted by atomic mass is 9.87. The molecule has 0 spiro atoms. The molecule has 13 heteroatoms. The van der Waals surface area contributed by atoms with E-state index in [-0.39, 0.29) is 18.7 Å². The third-order valence-electron chi connectivity index (χ3n) is 9.77. The molecule has 0 saturated carbocycles. The van der Waals surface area contributed by atoms with Gasteiger partial charge in [-0.2, -0.15) is 13.2 Å². The Hall–Kier alpha value is -5.17. The van der Waals surface area contributed by atoms with E-state index in [1.807, 2.05) is 60.7 Å². The molecule has 0 bridgehead atoms. The first-order valence-corrected chi connectivity index (χ1v) is 17.6. The number of amides is 4. The number of likely N-dealkylation sites (tertiary alicyclic amines) is 2. The van der Waals surface area contributed by atoms with Gasteiger partial charge in [0.05, 0.1) is 24.1 Å². The molecule has 0 aliphatic carbocycles. The van der Waals surface area contributed by atoms with Crippen molar-refractivity contribution in [3.05, 3.63) is 113 Å². The summed E-state index contributed by atoms with van der Waals surface area (Å²) in [4.78, 5) is 59.9. The first-order valence-electron chi connectivity index (χ1n) is 17.6. The van der Waals surface area contributed by atoms with E-state index in [1.54, 1.807) is 12.2 Å². The highest BCUT2D eigenvalue weighted by Gasteiger charge is 2.58. The van der Waals surface area contributed by atoms with Gasteiger partial charge in [-0.05, 0) is 54.8 Å². The first kappa shape index (κ1) is 36.6. The van der Waals surface area contributed by atoms with Crippen LogP contribution in [0.5, 0.6) is 0 Å². The van der Waals surface area contributed by atoms with Gasteiger partial charge in [0, 0.05) is 19.6 Å². The molecular formula is C39H42F3N5O5. The van der Waals surface area contributed by atoms with Crippen LogP contribution in [-0.2, 0) is 31.8 Å². The van der Waals surface area contributed by atoms with Gasteiger partial charge in [0.1, 0.15) is 18.7 Å². The number of halogens is 3. The Morgan fingerprint density at radius 2 is 1.62 bits per heavy atom. The van der Waals surface area contributed by atoms with Gasteiger partial charge in [0.25, 0.3) is 0 Å². The van der Waals surface area contributed by atoms with Gasteiger partial charge in [0.2, 0.25) is 17.7 Å². The predicted molar refractivity (Wildman–Crippen MR) is 187 cm³/mol. The van der Waals surface area contributed by atoms with E-state index in [0.29, 0.717) is 13.1 Å². The summed E-state index contributed by atoms with van der Waals surface area (Å²) in [5, 5.41) is 5.54. The number of piperidine rings is 1. The van der Waals surface area contributed by atoms with Crippen LogP contribution in [0.25, 0.3) is 6.08 Å². The number of cyclic esters (lactones) is 1. The van der Waals surface area contributed by atoms with Crippen molar-refractivity contribution < 1.29 is 37.1 Å². The number of carbonyl (C=O) groups is 4. The Balaban J connectivity index is 1.27. The molecule has 3 aromatic carbocycles. The average molecular weight is 718 g/mol. The van der Waals surface area contributed by atoms with Crippen molar-refractivity contribution in [3.63, 3.8) is 0 Å². The van der Waals surface area contributed by atoms with Gasteiger partial charge < -0.3 is 25.2 Å². The summed E-state index contributed by atoms with van der Waals surface area (Å²) in [7, 11) is 0. The Morgan fingerprint density at radius 3 is 2.33 bits per heavy atom. The van der Waals surface area contributed by atoms with Crippen LogP contribution < -0.4 is 10.6 Å². The molecule has 3 aromatic rings. The van der Waals surface area contributed by atoms with E-state index in [0.717, 1.165) is 49.2 Å². The Labute approximate surface area is 300 Å². The summed E-state index contributed by atoms with van der Waals surface area (Å²) in [5.74, 6) is -1.72. The van der Waals surface area contributed by atoms with Crippen molar-refractivity contribution in [1.29, 1.82) is 0 Å². The van der Waals surface area contributed by atoms with Crippen molar-refractivity contribution in [1.82, 2.24) is 25.3 Å². The fraction of sp³-hybridized carbons (Fsp3) is 0.385. The van der Waals surface area contributed by atoms with Crippen LogP contribution in [0.1, 0.15) is 54.0 Å². The molecule has 3 heterocycles. The highest BCUT2D eigenvalue weighted by atomic mass is 19.4. The lowest BCUT2D eigenvalue weighted by molar-refractivity contribution is -0.163. The van der Waals surface area contributed by atoms with Crippen LogP contribution in [0.3, 0.4) is 0 Å². The summed E-state index contributed by atoms with van der Waals surface area (Å²) in [6.07, 6.45) is 1.23. The number of benzene rings is 3. The summed E-state index contributed by atoms with van der Waals surface area (Å²) in [5.41, 5.74) is 0.923. The van der Waals surface area contributed by atoms with Crippen LogP contribution in [0.4, 0.5) is 18.0 Å². The van der Waals surface area contributed by atoms with Gasteiger partial charge in [-0.25, -0.2) is 4.79 Å². The van der Waals surface area contributed by atoms with Crippen LogP contribution in [-0.4, -0.2) is 89.4 Å². The Kier molecular flexibility index (Phi) is 11.6. The number of hydrogen-bond donors (Lipinski definition) is 2. The average Bonchev–Trinajstić information content (AvgIpc) is 3.52. The molecule has 0 aromatic heterocycles. The Morgan fingerprint density at radius 1 is 0.904 bits per heavy atom. The molecule has 3 aliphatic heterocycles. The number of nitrogens with one attached hydrogen (secondary N) is 2. The third-order valence-corrected chi connectivity index (χ3v) is 9.77. The fourth-order valence-corrected chi connectivity index (χ4v) is 7.07. The summed E-state index contributed by atoms with van der Waals surface area (Å²) in [6.45, 7) is 2.65. The summed E-state index contributed by atoms with van der Waals surface area (Å²) >= 11 is 0. The first-order chi connectivity index (χ1) is 25.1. The fourth-order valence-electron chi connectivity index (χ4n) is 7.07. The van der Waals surface area contributed by atoms with Gasteiger partial charge in [-0.15, -0.1) is 0 Å². The molecule has 0 unspecified atom stereocenters. The normalized spacial score (nSPS) is 21.5. The maximum absolute atomic E-state index is 14.3. The van der Waals surface area contributed by atoms with Gasteiger partial charge >= 0.3 is 12.3 Å². The quantitative estimate of drug-likeness (QED) is 0.236. The van der Waals surface area contributed by atoms with E-state index in [4.69, 9.17) is 4.74 Å². The molecule has 10 nitrogen and oxygen atoms in total. The zero-order valence-corrected chi connectivity index (χ0v) is 28.6. The second-order valence-electron chi connectivity index (χ2n) is 13.2. The molecule has 2 N–H and O–H groups in total. The molecule has 0 radical (unpaired) electrons. The van der Waals surface area contributed by atoms with Gasteiger partial charge in [-0.1, -0.05) is 91.4 Å². The number of nitrogens with zero attached hydrogens (tertiary/aromatic N) is 3.